The van der Waals surface area contributed by atoms with E-state index >= 15 is 0 Å². The SMILES string of the molecule is COc1ccc(C(=O)COC(=O)c2cc(-c3ccc(N4C(=O)C5C6C=CC(C6)C5C4=O)cc3)nc3c(Cl)cccc23)cc1. The number of Topliss-reactive ketones (excluding diaryl/α,β-unsaturated/α-hetero) is 1. The van der Waals surface area contributed by atoms with Crippen LogP contribution < -0.4 is 9.64 Å². The first kappa shape index (κ1) is 27.0. The molecule has 4 atom stereocenters. The van der Waals surface area contributed by atoms with Crippen molar-refractivity contribution in [3.8, 4) is 17.0 Å². The summed E-state index contributed by atoms with van der Waals surface area (Å²) in [5.74, 6) is -1.04. The summed E-state index contributed by atoms with van der Waals surface area (Å²) >= 11 is 6.48. The van der Waals surface area contributed by atoms with Crippen molar-refractivity contribution in [2.75, 3.05) is 18.6 Å². The number of imide groups is 1. The second-order valence-electron chi connectivity index (χ2n) is 11.0. The van der Waals surface area contributed by atoms with Gasteiger partial charge in [-0.3, -0.25) is 19.3 Å². The lowest BCUT2D eigenvalue weighted by atomic mass is 9.85. The molecule has 3 aromatic carbocycles. The summed E-state index contributed by atoms with van der Waals surface area (Å²) in [5, 5.41) is 0.833. The van der Waals surface area contributed by atoms with Gasteiger partial charge in [0.05, 0.1) is 46.4 Å². The van der Waals surface area contributed by atoms with E-state index in [9.17, 15) is 19.2 Å². The van der Waals surface area contributed by atoms with Crippen molar-refractivity contribution in [3.05, 3.63) is 101 Å². The van der Waals surface area contributed by atoms with Crippen LogP contribution in [0.15, 0.2) is 84.9 Å². The highest BCUT2D eigenvalue weighted by molar-refractivity contribution is 6.35. The average Bonchev–Trinajstić information content (AvgIpc) is 3.73. The van der Waals surface area contributed by atoms with Crippen LogP contribution in [0.3, 0.4) is 0 Å². The number of halogens is 1. The highest BCUT2D eigenvalue weighted by Crippen LogP contribution is 2.53. The molecule has 1 aliphatic heterocycles. The minimum atomic E-state index is -0.697. The normalized spacial score (nSPS) is 21.9. The van der Waals surface area contributed by atoms with E-state index in [2.05, 4.69) is 12.2 Å². The molecule has 3 aliphatic rings. The smallest absolute Gasteiger partial charge is 0.339 e. The Labute approximate surface area is 251 Å². The number of esters is 1. The van der Waals surface area contributed by atoms with Gasteiger partial charge in [0, 0.05) is 16.5 Å². The highest BCUT2D eigenvalue weighted by Gasteiger charge is 2.59. The summed E-state index contributed by atoms with van der Waals surface area (Å²) in [6, 6.07) is 20.2. The molecule has 2 fully saturated rings. The van der Waals surface area contributed by atoms with Crippen molar-refractivity contribution < 1.29 is 28.7 Å². The fourth-order valence-corrected chi connectivity index (χ4v) is 6.75. The first-order valence-corrected chi connectivity index (χ1v) is 14.3. The Morgan fingerprint density at radius 2 is 1.60 bits per heavy atom. The monoisotopic (exact) mass is 592 g/mol. The van der Waals surface area contributed by atoms with Crippen molar-refractivity contribution >= 4 is 51.8 Å². The van der Waals surface area contributed by atoms with Gasteiger partial charge in [0.15, 0.2) is 12.4 Å². The fraction of sp³-hybridized carbons (Fsp3) is 0.206. The minimum absolute atomic E-state index is 0.131. The van der Waals surface area contributed by atoms with E-state index in [4.69, 9.17) is 26.1 Å². The van der Waals surface area contributed by atoms with Gasteiger partial charge in [-0.25, -0.2) is 9.78 Å². The topological polar surface area (TPSA) is 103 Å². The Hall–Kier alpha value is -4.82. The molecule has 0 radical (unpaired) electrons. The lowest BCUT2D eigenvalue weighted by molar-refractivity contribution is -0.123. The van der Waals surface area contributed by atoms with Crippen LogP contribution in [-0.2, 0) is 14.3 Å². The molecule has 2 bridgehead atoms. The molecule has 2 amide bonds. The Morgan fingerprint density at radius 1 is 0.930 bits per heavy atom. The fourth-order valence-electron chi connectivity index (χ4n) is 6.54. The lowest BCUT2D eigenvalue weighted by Crippen LogP contribution is -2.32. The Kier molecular flexibility index (Phi) is 6.58. The molecule has 2 aliphatic carbocycles. The zero-order chi connectivity index (χ0) is 29.8. The number of carbonyl (C=O) groups excluding carboxylic acids is 4. The number of amides is 2. The van der Waals surface area contributed by atoms with E-state index in [1.54, 1.807) is 72.8 Å². The van der Waals surface area contributed by atoms with E-state index in [-0.39, 0.29) is 46.8 Å². The molecule has 8 nitrogen and oxygen atoms in total. The summed E-state index contributed by atoms with van der Waals surface area (Å²) < 4.78 is 10.6. The van der Waals surface area contributed by atoms with E-state index in [0.717, 1.165) is 6.42 Å². The number of hydrogen-bond donors (Lipinski definition) is 0. The van der Waals surface area contributed by atoms with Crippen LogP contribution in [0.2, 0.25) is 5.02 Å². The maximum Gasteiger partial charge on any atom is 0.339 e. The van der Waals surface area contributed by atoms with Gasteiger partial charge in [0.2, 0.25) is 11.8 Å². The van der Waals surface area contributed by atoms with Crippen LogP contribution in [0.1, 0.15) is 27.1 Å². The molecule has 0 N–H and O–H groups in total. The molecular weight excluding hydrogens is 568 g/mol. The lowest BCUT2D eigenvalue weighted by Gasteiger charge is -2.18. The van der Waals surface area contributed by atoms with Crippen molar-refractivity contribution in [2.24, 2.45) is 23.7 Å². The van der Waals surface area contributed by atoms with Gasteiger partial charge >= 0.3 is 5.97 Å². The van der Waals surface area contributed by atoms with Gasteiger partial charge in [0.25, 0.3) is 0 Å². The molecule has 9 heteroatoms. The number of ether oxygens (including phenoxy) is 2. The summed E-state index contributed by atoms with van der Waals surface area (Å²) in [5.41, 5.74) is 2.59. The maximum absolute atomic E-state index is 13.3. The van der Waals surface area contributed by atoms with Gasteiger partial charge in [-0.1, -0.05) is 48.0 Å². The van der Waals surface area contributed by atoms with Gasteiger partial charge < -0.3 is 9.47 Å². The minimum Gasteiger partial charge on any atom is -0.497 e. The number of methoxy groups -OCH3 is 1. The number of rotatable bonds is 7. The molecule has 214 valence electrons. The van der Waals surface area contributed by atoms with Crippen LogP contribution in [-0.4, -0.2) is 42.3 Å². The molecule has 1 aromatic heterocycles. The number of aromatic nitrogens is 1. The number of pyridine rings is 1. The summed E-state index contributed by atoms with van der Waals surface area (Å²) in [4.78, 5) is 58.4. The van der Waals surface area contributed by atoms with Gasteiger partial charge in [-0.2, -0.15) is 0 Å². The standard InChI is InChI=1S/C34H25ClN2O6/c1-42-23-13-9-19(10-14-23)28(38)17-43-34(41)25-16-27(36-31-24(25)3-2-4-26(31)35)18-7-11-22(12-8-18)37-32(39)29-20-5-6-21(15-20)30(29)33(37)40/h2-14,16,20-21,29-30H,15,17H2,1H3. The third-order valence-corrected chi connectivity index (χ3v) is 8.95. The Bertz CT molecular complexity index is 1820. The van der Waals surface area contributed by atoms with Crippen molar-refractivity contribution in [1.82, 2.24) is 4.98 Å². The summed E-state index contributed by atoms with van der Waals surface area (Å²) in [7, 11) is 1.53. The number of carbonyl (C=O) groups is 4. The van der Waals surface area contributed by atoms with Crippen LogP contribution >= 0.6 is 11.6 Å². The second-order valence-corrected chi connectivity index (χ2v) is 11.4. The molecule has 0 spiro atoms. The van der Waals surface area contributed by atoms with Gasteiger partial charge in [-0.15, -0.1) is 0 Å². The zero-order valence-electron chi connectivity index (χ0n) is 23.0. The number of allylic oxidation sites excluding steroid dienone is 2. The maximum atomic E-state index is 13.3. The average molecular weight is 593 g/mol. The number of ketones is 1. The van der Waals surface area contributed by atoms with Crippen molar-refractivity contribution in [2.45, 2.75) is 6.42 Å². The van der Waals surface area contributed by atoms with Crippen LogP contribution in [0.5, 0.6) is 5.75 Å². The molecule has 4 aromatic rings. The zero-order valence-corrected chi connectivity index (χ0v) is 23.8. The Balaban J connectivity index is 1.15. The number of benzene rings is 3. The molecule has 1 saturated heterocycles. The van der Waals surface area contributed by atoms with Gasteiger partial charge in [-0.05, 0) is 66.8 Å². The number of para-hydroxylation sites is 1. The number of hydrogen-bond acceptors (Lipinski definition) is 7. The van der Waals surface area contributed by atoms with Crippen LogP contribution in [0, 0.1) is 23.7 Å². The molecule has 4 unspecified atom stereocenters. The van der Waals surface area contributed by atoms with Crippen LogP contribution in [0.25, 0.3) is 22.2 Å². The quantitative estimate of drug-likeness (QED) is 0.114. The Morgan fingerprint density at radius 3 is 2.26 bits per heavy atom. The van der Waals surface area contributed by atoms with E-state index in [1.807, 2.05) is 0 Å². The predicted octanol–water partition coefficient (Wildman–Crippen LogP) is 5.92. The second kappa shape index (κ2) is 10.5. The molecule has 2 heterocycles. The van der Waals surface area contributed by atoms with Crippen molar-refractivity contribution in [3.63, 3.8) is 0 Å². The third-order valence-electron chi connectivity index (χ3n) is 8.65. The highest BCUT2D eigenvalue weighted by atomic mass is 35.5. The number of anilines is 1. The number of fused-ring (bicyclic) bond motifs is 6. The molecule has 1 saturated carbocycles. The van der Waals surface area contributed by atoms with E-state index < -0.39 is 12.6 Å². The molecule has 7 rings (SSSR count). The predicted molar refractivity (Wildman–Crippen MR) is 160 cm³/mol. The number of nitrogens with zero attached hydrogens (tertiary/aromatic N) is 2. The third kappa shape index (κ3) is 4.49. The van der Waals surface area contributed by atoms with Crippen molar-refractivity contribution in [1.29, 1.82) is 0 Å². The summed E-state index contributed by atoms with van der Waals surface area (Å²) in [6.45, 7) is -0.448. The first-order chi connectivity index (χ1) is 20.8. The van der Waals surface area contributed by atoms with E-state index in [0.29, 0.717) is 44.2 Å². The largest absolute Gasteiger partial charge is 0.497 e. The molecular formula is C34H25ClN2O6. The van der Waals surface area contributed by atoms with Gasteiger partial charge in [0.1, 0.15) is 5.75 Å². The summed E-state index contributed by atoms with van der Waals surface area (Å²) in [6.07, 6.45) is 5.01. The van der Waals surface area contributed by atoms with Crippen LogP contribution in [0.4, 0.5) is 5.69 Å². The van der Waals surface area contributed by atoms with E-state index in [1.165, 1.54) is 12.0 Å². The molecule has 43 heavy (non-hydrogen) atoms. The first-order valence-electron chi connectivity index (χ1n) is 13.9.